The molecule has 0 aliphatic carbocycles. The molecule has 1 aromatic carbocycles. The van der Waals surface area contributed by atoms with Crippen molar-refractivity contribution >= 4 is 28.5 Å². The molecule has 2 aromatic rings. The third-order valence-electron chi connectivity index (χ3n) is 6.44. The number of carbonyl (C=O) groups is 3. The van der Waals surface area contributed by atoms with E-state index in [0.717, 1.165) is 49.7 Å². The van der Waals surface area contributed by atoms with Gasteiger partial charge in [-0.25, -0.2) is 0 Å². The minimum atomic E-state index is -0.471. The fourth-order valence-corrected chi connectivity index (χ4v) is 4.76. The van der Waals surface area contributed by atoms with Crippen LogP contribution in [0.25, 0.3) is 10.9 Å². The molecule has 2 saturated heterocycles. The van der Waals surface area contributed by atoms with Crippen LogP contribution in [0.15, 0.2) is 30.5 Å². The monoisotopic (exact) mass is 409 g/mol. The molecule has 30 heavy (non-hydrogen) atoms. The van der Waals surface area contributed by atoms with Crippen molar-refractivity contribution in [3.05, 3.63) is 36.0 Å². The van der Waals surface area contributed by atoms with Gasteiger partial charge in [-0.2, -0.15) is 0 Å². The second-order valence-electron chi connectivity index (χ2n) is 8.81. The third-order valence-corrected chi connectivity index (χ3v) is 6.44. The molecule has 1 atom stereocenters. The first-order valence-corrected chi connectivity index (χ1v) is 11.2. The maximum Gasteiger partial charge on any atom is 0.295 e. The molecule has 0 saturated carbocycles. The van der Waals surface area contributed by atoms with Gasteiger partial charge in [-0.1, -0.05) is 38.0 Å². The predicted octanol–water partition coefficient (Wildman–Crippen LogP) is 3.49. The molecular formula is C24H31N3O3. The second-order valence-corrected chi connectivity index (χ2v) is 8.81. The van der Waals surface area contributed by atoms with Crippen LogP contribution in [0.4, 0.5) is 0 Å². The molecule has 0 spiro atoms. The number of ketones is 1. The van der Waals surface area contributed by atoms with Crippen molar-refractivity contribution in [1.82, 2.24) is 14.4 Å². The summed E-state index contributed by atoms with van der Waals surface area (Å²) in [6.07, 6.45) is 8.17. The zero-order valence-electron chi connectivity index (χ0n) is 17.8. The lowest BCUT2D eigenvalue weighted by molar-refractivity contribution is -0.131. The number of aromatic nitrogens is 1. The first-order valence-electron chi connectivity index (χ1n) is 11.2. The number of nitrogens with zero attached hydrogens (tertiary/aromatic N) is 3. The summed E-state index contributed by atoms with van der Waals surface area (Å²) in [6, 6.07) is 7.54. The van der Waals surface area contributed by atoms with Gasteiger partial charge in [-0.15, -0.1) is 0 Å². The van der Waals surface area contributed by atoms with Crippen LogP contribution < -0.4 is 0 Å². The van der Waals surface area contributed by atoms with Crippen LogP contribution in [-0.2, 0) is 16.1 Å². The number of rotatable bonds is 4. The minimum Gasteiger partial charge on any atom is -0.341 e. The van der Waals surface area contributed by atoms with Crippen molar-refractivity contribution in [2.24, 2.45) is 5.92 Å². The van der Waals surface area contributed by atoms with Crippen LogP contribution in [0, 0.1) is 5.92 Å². The lowest BCUT2D eigenvalue weighted by Crippen LogP contribution is -2.42. The number of amides is 2. The SMILES string of the molecule is C[C@@H]1CCCN(C(=O)C(=O)c2cn(CC(=O)N3CCCCCC3)c3ccccc23)C1. The Hall–Kier alpha value is -2.63. The van der Waals surface area contributed by atoms with Gasteiger partial charge in [-0.3, -0.25) is 14.4 Å². The third kappa shape index (κ3) is 4.27. The quantitative estimate of drug-likeness (QED) is 0.574. The Morgan fingerprint density at radius 1 is 0.933 bits per heavy atom. The van der Waals surface area contributed by atoms with Crippen LogP contribution in [0.5, 0.6) is 0 Å². The minimum absolute atomic E-state index is 0.0767. The molecule has 2 aliphatic heterocycles. The van der Waals surface area contributed by atoms with Crippen LogP contribution in [-0.4, -0.2) is 58.1 Å². The Balaban J connectivity index is 1.58. The van der Waals surface area contributed by atoms with Crippen molar-refractivity contribution in [2.75, 3.05) is 26.2 Å². The average Bonchev–Trinajstić information content (AvgIpc) is 2.92. The zero-order chi connectivity index (χ0) is 21.1. The predicted molar refractivity (Wildman–Crippen MR) is 116 cm³/mol. The lowest BCUT2D eigenvalue weighted by atomic mass is 9.99. The Kier molecular flexibility index (Phi) is 6.21. The standard InChI is InChI=1S/C24H31N3O3/c1-18-9-8-14-26(15-18)24(30)23(29)20-16-27(21-11-5-4-10-19(20)21)17-22(28)25-12-6-2-3-7-13-25/h4-5,10-11,16,18H,2-3,6-9,12-15,17H2,1H3/t18-/m1/s1. The number of Topliss-reactive ketones (excluding diaryl/α,β-unsaturated/α-hetero) is 1. The zero-order valence-corrected chi connectivity index (χ0v) is 17.8. The maximum absolute atomic E-state index is 13.1. The topological polar surface area (TPSA) is 62.6 Å². The highest BCUT2D eigenvalue weighted by Crippen LogP contribution is 2.24. The van der Waals surface area contributed by atoms with E-state index >= 15 is 0 Å². The summed E-state index contributed by atoms with van der Waals surface area (Å²) in [5.41, 5.74) is 1.22. The Bertz CT molecular complexity index is 940. The number of carbonyl (C=O) groups excluding carboxylic acids is 3. The molecule has 4 rings (SSSR count). The van der Waals surface area contributed by atoms with E-state index in [4.69, 9.17) is 0 Å². The summed E-state index contributed by atoms with van der Waals surface area (Å²) >= 11 is 0. The second kappa shape index (κ2) is 9.02. The van der Waals surface area contributed by atoms with E-state index in [0.29, 0.717) is 24.6 Å². The summed E-state index contributed by atoms with van der Waals surface area (Å²) in [5.74, 6) is -0.402. The Morgan fingerprint density at radius 2 is 1.63 bits per heavy atom. The van der Waals surface area contributed by atoms with Crippen molar-refractivity contribution in [1.29, 1.82) is 0 Å². The number of hydrogen-bond acceptors (Lipinski definition) is 3. The highest BCUT2D eigenvalue weighted by Gasteiger charge is 2.29. The molecule has 160 valence electrons. The number of para-hydroxylation sites is 1. The normalized spacial score (nSPS) is 20.2. The van der Waals surface area contributed by atoms with Gasteiger partial charge in [0.1, 0.15) is 6.54 Å². The Labute approximate surface area is 177 Å². The molecule has 0 unspecified atom stereocenters. The summed E-state index contributed by atoms with van der Waals surface area (Å²) in [4.78, 5) is 42.5. The maximum atomic E-state index is 13.1. The van der Waals surface area contributed by atoms with E-state index in [9.17, 15) is 14.4 Å². The van der Waals surface area contributed by atoms with E-state index in [1.54, 1.807) is 11.1 Å². The summed E-state index contributed by atoms with van der Waals surface area (Å²) < 4.78 is 1.84. The molecule has 0 radical (unpaired) electrons. The van der Waals surface area contributed by atoms with E-state index in [2.05, 4.69) is 6.92 Å². The molecule has 6 heteroatoms. The molecule has 1 aromatic heterocycles. The highest BCUT2D eigenvalue weighted by molar-refractivity contribution is 6.44. The molecular weight excluding hydrogens is 378 g/mol. The largest absolute Gasteiger partial charge is 0.341 e. The van der Waals surface area contributed by atoms with Gasteiger partial charge < -0.3 is 14.4 Å². The van der Waals surface area contributed by atoms with Gasteiger partial charge >= 0.3 is 0 Å². The van der Waals surface area contributed by atoms with Crippen LogP contribution in [0.2, 0.25) is 0 Å². The van der Waals surface area contributed by atoms with Gasteiger partial charge in [-0.05, 0) is 37.7 Å². The van der Waals surface area contributed by atoms with Crippen LogP contribution >= 0.6 is 0 Å². The van der Waals surface area contributed by atoms with Gasteiger partial charge in [0.25, 0.3) is 11.7 Å². The lowest BCUT2D eigenvalue weighted by Gasteiger charge is -2.30. The fourth-order valence-electron chi connectivity index (χ4n) is 4.76. The van der Waals surface area contributed by atoms with Gasteiger partial charge in [0.15, 0.2) is 0 Å². The number of fused-ring (bicyclic) bond motifs is 1. The fraction of sp³-hybridized carbons (Fsp3) is 0.542. The first kappa shape index (κ1) is 20.6. The molecule has 6 nitrogen and oxygen atoms in total. The smallest absolute Gasteiger partial charge is 0.295 e. The van der Waals surface area contributed by atoms with Crippen molar-refractivity contribution in [3.63, 3.8) is 0 Å². The van der Waals surface area contributed by atoms with E-state index < -0.39 is 11.7 Å². The summed E-state index contributed by atoms with van der Waals surface area (Å²) in [5, 5.41) is 0.740. The summed E-state index contributed by atoms with van der Waals surface area (Å²) in [7, 11) is 0. The highest BCUT2D eigenvalue weighted by atomic mass is 16.2. The molecule has 0 N–H and O–H groups in total. The van der Waals surface area contributed by atoms with Crippen molar-refractivity contribution in [3.8, 4) is 0 Å². The van der Waals surface area contributed by atoms with E-state index in [1.807, 2.05) is 33.7 Å². The Morgan fingerprint density at radius 3 is 2.37 bits per heavy atom. The van der Waals surface area contributed by atoms with Crippen LogP contribution in [0.1, 0.15) is 55.8 Å². The molecule has 0 bridgehead atoms. The molecule has 3 heterocycles. The van der Waals surface area contributed by atoms with Crippen molar-refractivity contribution < 1.29 is 14.4 Å². The molecule has 2 amide bonds. The van der Waals surface area contributed by atoms with Gasteiger partial charge in [0.05, 0.1) is 5.56 Å². The number of piperidine rings is 1. The average molecular weight is 410 g/mol. The van der Waals surface area contributed by atoms with Gasteiger partial charge in [0, 0.05) is 43.3 Å². The number of likely N-dealkylation sites (tertiary alicyclic amines) is 2. The summed E-state index contributed by atoms with van der Waals surface area (Å²) in [6.45, 7) is 5.19. The van der Waals surface area contributed by atoms with E-state index in [1.165, 1.54) is 12.8 Å². The van der Waals surface area contributed by atoms with Crippen LogP contribution in [0.3, 0.4) is 0 Å². The number of hydrogen-bond donors (Lipinski definition) is 0. The molecule has 2 aliphatic rings. The number of benzene rings is 1. The van der Waals surface area contributed by atoms with E-state index in [-0.39, 0.29) is 12.5 Å². The van der Waals surface area contributed by atoms with Gasteiger partial charge in [0.2, 0.25) is 5.91 Å². The molecule has 2 fully saturated rings. The first-order chi connectivity index (χ1) is 14.5. The van der Waals surface area contributed by atoms with Crippen molar-refractivity contribution in [2.45, 2.75) is 52.0 Å².